The standard InChI is InChI=1S/C14H10ClN3O3/c1-6-4-7(2-3-9(6)15)18-10(19)5-8-11(12(18)16)14(21)17-13(8)20/h2-5H,16H2,1H3,(H,17,20,21). The average molecular weight is 304 g/mol. The summed E-state index contributed by atoms with van der Waals surface area (Å²) in [5.74, 6) is -1.28. The van der Waals surface area contributed by atoms with Crippen LogP contribution in [0.15, 0.2) is 29.1 Å². The Morgan fingerprint density at radius 1 is 1.14 bits per heavy atom. The SMILES string of the molecule is Cc1cc(-n2c(N)c3c(cc2=O)C(=O)NC3=O)ccc1Cl. The van der Waals surface area contributed by atoms with Crippen LogP contribution in [0.1, 0.15) is 26.3 Å². The maximum Gasteiger partial charge on any atom is 0.262 e. The van der Waals surface area contributed by atoms with Crippen LogP contribution in [0.3, 0.4) is 0 Å². The lowest BCUT2D eigenvalue weighted by Gasteiger charge is -2.12. The van der Waals surface area contributed by atoms with E-state index in [0.29, 0.717) is 10.7 Å². The third-order valence-corrected chi connectivity index (χ3v) is 3.78. The minimum atomic E-state index is -0.613. The molecule has 1 aromatic heterocycles. The Bertz CT molecular complexity index is 870. The van der Waals surface area contributed by atoms with Crippen LogP contribution in [0, 0.1) is 6.92 Å². The summed E-state index contributed by atoms with van der Waals surface area (Å²) in [4.78, 5) is 35.5. The Morgan fingerprint density at radius 3 is 2.52 bits per heavy atom. The van der Waals surface area contributed by atoms with Crippen LogP contribution in [0.4, 0.5) is 5.82 Å². The van der Waals surface area contributed by atoms with E-state index < -0.39 is 17.4 Å². The molecule has 106 valence electrons. The monoisotopic (exact) mass is 303 g/mol. The van der Waals surface area contributed by atoms with Crippen molar-refractivity contribution in [1.82, 2.24) is 9.88 Å². The molecule has 0 aliphatic carbocycles. The Kier molecular flexibility index (Phi) is 2.84. The first-order valence-corrected chi connectivity index (χ1v) is 6.45. The highest BCUT2D eigenvalue weighted by atomic mass is 35.5. The van der Waals surface area contributed by atoms with Crippen molar-refractivity contribution in [2.45, 2.75) is 6.92 Å². The summed E-state index contributed by atoms with van der Waals surface area (Å²) in [6.07, 6.45) is 0. The molecule has 0 radical (unpaired) electrons. The van der Waals surface area contributed by atoms with Crippen LogP contribution in [-0.4, -0.2) is 16.4 Å². The van der Waals surface area contributed by atoms with Gasteiger partial charge in [-0.25, -0.2) is 0 Å². The van der Waals surface area contributed by atoms with Gasteiger partial charge in [0.2, 0.25) is 0 Å². The van der Waals surface area contributed by atoms with Crippen LogP contribution in [0.2, 0.25) is 5.02 Å². The van der Waals surface area contributed by atoms with Crippen LogP contribution in [0.25, 0.3) is 5.69 Å². The number of anilines is 1. The van der Waals surface area contributed by atoms with Crippen molar-refractivity contribution in [2.75, 3.05) is 5.73 Å². The molecule has 21 heavy (non-hydrogen) atoms. The number of carbonyl (C=O) groups is 2. The third kappa shape index (κ3) is 1.92. The zero-order chi connectivity index (χ0) is 15.3. The fourth-order valence-electron chi connectivity index (χ4n) is 2.31. The lowest BCUT2D eigenvalue weighted by atomic mass is 10.1. The topological polar surface area (TPSA) is 94.2 Å². The molecule has 1 aliphatic rings. The molecule has 1 aromatic carbocycles. The number of nitrogens with one attached hydrogen (secondary N) is 1. The quantitative estimate of drug-likeness (QED) is 0.776. The first kappa shape index (κ1) is 13.4. The van der Waals surface area contributed by atoms with E-state index in [1.165, 1.54) is 4.57 Å². The van der Waals surface area contributed by atoms with Gasteiger partial charge in [0, 0.05) is 11.1 Å². The molecule has 7 heteroatoms. The van der Waals surface area contributed by atoms with Gasteiger partial charge in [-0.15, -0.1) is 0 Å². The first-order chi connectivity index (χ1) is 9.90. The molecule has 1 aliphatic heterocycles. The minimum Gasteiger partial charge on any atom is -0.384 e. The van der Waals surface area contributed by atoms with Gasteiger partial charge in [0.1, 0.15) is 5.82 Å². The summed E-state index contributed by atoms with van der Waals surface area (Å²) < 4.78 is 1.18. The summed E-state index contributed by atoms with van der Waals surface area (Å²) >= 11 is 5.96. The molecule has 0 fully saturated rings. The number of nitrogens with two attached hydrogens (primary N) is 1. The van der Waals surface area contributed by atoms with Gasteiger partial charge in [-0.2, -0.15) is 0 Å². The van der Waals surface area contributed by atoms with E-state index >= 15 is 0 Å². The highest BCUT2D eigenvalue weighted by molar-refractivity contribution is 6.31. The molecule has 0 bridgehead atoms. The molecule has 0 saturated heterocycles. The Hall–Kier alpha value is -2.60. The largest absolute Gasteiger partial charge is 0.384 e. The smallest absolute Gasteiger partial charge is 0.262 e. The Balaban J connectivity index is 2.32. The van der Waals surface area contributed by atoms with E-state index in [4.69, 9.17) is 17.3 Å². The van der Waals surface area contributed by atoms with Gasteiger partial charge in [0.05, 0.1) is 16.8 Å². The summed E-state index contributed by atoms with van der Waals surface area (Å²) in [5, 5.41) is 2.67. The number of imide groups is 1. The van der Waals surface area contributed by atoms with Gasteiger partial charge in [0.15, 0.2) is 0 Å². The van der Waals surface area contributed by atoms with E-state index in [9.17, 15) is 14.4 Å². The lowest BCUT2D eigenvalue weighted by Crippen LogP contribution is -2.24. The second-order valence-corrected chi connectivity index (χ2v) is 5.12. The molecular weight excluding hydrogens is 294 g/mol. The van der Waals surface area contributed by atoms with Crippen molar-refractivity contribution in [1.29, 1.82) is 0 Å². The molecular formula is C14H10ClN3O3. The number of halogens is 1. The zero-order valence-electron chi connectivity index (χ0n) is 10.9. The van der Waals surface area contributed by atoms with Crippen molar-refractivity contribution in [3.8, 4) is 5.69 Å². The molecule has 3 N–H and O–H groups in total. The fourth-order valence-corrected chi connectivity index (χ4v) is 2.43. The zero-order valence-corrected chi connectivity index (χ0v) is 11.7. The number of aryl methyl sites for hydroxylation is 1. The molecule has 2 amide bonds. The summed E-state index contributed by atoms with van der Waals surface area (Å²) in [6, 6.07) is 6.04. The minimum absolute atomic E-state index is 0.00411. The number of fused-ring (bicyclic) bond motifs is 1. The third-order valence-electron chi connectivity index (χ3n) is 3.35. The Labute approximate surface area is 124 Å². The highest BCUT2D eigenvalue weighted by Crippen LogP contribution is 2.24. The number of nitrogens with zero attached hydrogens (tertiary/aromatic N) is 1. The molecule has 2 aromatic rings. The molecule has 0 spiro atoms. The number of hydrogen-bond acceptors (Lipinski definition) is 4. The fraction of sp³-hybridized carbons (Fsp3) is 0.0714. The van der Waals surface area contributed by atoms with Gasteiger partial charge < -0.3 is 5.73 Å². The van der Waals surface area contributed by atoms with E-state index in [1.807, 2.05) is 0 Å². The molecule has 3 rings (SSSR count). The second kappa shape index (κ2) is 4.46. The van der Waals surface area contributed by atoms with Gasteiger partial charge in [-0.1, -0.05) is 11.6 Å². The second-order valence-electron chi connectivity index (χ2n) is 4.71. The predicted octanol–water partition coefficient (Wildman–Crippen LogP) is 1.27. The van der Waals surface area contributed by atoms with Crippen molar-refractivity contribution < 1.29 is 9.59 Å². The Morgan fingerprint density at radius 2 is 1.86 bits per heavy atom. The number of pyridine rings is 1. The summed E-state index contributed by atoms with van der Waals surface area (Å²) in [7, 11) is 0. The van der Waals surface area contributed by atoms with Gasteiger partial charge >= 0.3 is 0 Å². The van der Waals surface area contributed by atoms with Crippen LogP contribution in [0.5, 0.6) is 0 Å². The number of rotatable bonds is 1. The van der Waals surface area contributed by atoms with Crippen molar-refractivity contribution in [3.05, 3.63) is 56.3 Å². The van der Waals surface area contributed by atoms with Crippen molar-refractivity contribution in [2.24, 2.45) is 0 Å². The number of benzene rings is 1. The molecule has 6 nitrogen and oxygen atoms in total. The number of aromatic nitrogens is 1. The van der Waals surface area contributed by atoms with E-state index in [2.05, 4.69) is 5.32 Å². The number of amides is 2. The summed E-state index contributed by atoms with van der Waals surface area (Å²) in [6.45, 7) is 1.79. The van der Waals surface area contributed by atoms with Crippen molar-refractivity contribution in [3.63, 3.8) is 0 Å². The highest BCUT2D eigenvalue weighted by Gasteiger charge is 2.31. The average Bonchev–Trinajstić information content (AvgIpc) is 2.69. The molecule has 0 saturated carbocycles. The lowest BCUT2D eigenvalue weighted by molar-refractivity contribution is 0.0880. The number of hydrogen-bond donors (Lipinski definition) is 2. The van der Waals surface area contributed by atoms with E-state index in [0.717, 1.165) is 11.6 Å². The maximum atomic E-state index is 12.2. The maximum absolute atomic E-state index is 12.2. The first-order valence-electron chi connectivity index (χ1n) is 6.08. The number of nitrogen functional groups attached to an aromatic ring is 1. The molecule has 0 atom stereocenters. The van der Waals surface area contributed by atoms with Crippen LogP contribution < -0.4 is 16.6 Å². The van der Waals surface area contributed by atoms with Crippen molar-refractivity contribution >= 4 is 29.2 Å². The van der Waals surface area contributed by atoms with Crippen LogP contribution in [-0.2, 0) is 0 Å². The van der Waals surface area contributed by atoms with Gasteiger partial charge in [-0.3, -0.25) is 24.3 Å². The normalized spacial score (nSPS) is 13.2. The van der Waals surface area contributed by atoms with E-state index in [-0.39, 0.29) is 16.9 Å². The summed E-state index contributed by atoms with van der Waals surface area (Å²) in [5.41, 5.74) is 6.71. The predicted molar refractivity (Wildman–Crippen MR) is 78.0 cm³/mol. The van der Waals surface area contributed by atoms with Gasteiger partial charge in [-0.05, 0) is 30.7 Å². The van der Waals surface area contributed by atoms with Gasteiger partial charge in [0.25, 0.3) is 17.4 Å². The molecule has 2 heterocycles. The molecule has 0 unspecified atom stereocenters. The number of carbonyl (C=O) groups excluding carboxylic acids is 2. The van der Waals surface area contributed by atoms with Crippen LogP contribution >= 0.6 is 11.6 Å². The van der Waals surface area contributed by atoms with E-state index in [1.54, 1.807) is 25.1 Å².